The molecule has 0 aromatic carbocycles. The van der Waals surface area contributed by atoms with E-state index in [0.717, 1.165) is 0 Å². The Morgan fingerprint density at radius 2 is 1.73 bits per heavy atom. The van der Waals surface area contributed by atoms with Gasteiger partial charge in [-0.1, -0.05) is 6.08 Å². The number of hydrogen-bond donors (Lipinski definition) is 0. The van der Waals surface area contributed by atoms with Gasteiger partial charge in [0.05, 0.1) is 12.8 Å². The molecule has 0 bridgehead atoms. The van der Waals surface area contributed by atoms with Gasteiger partial charge in [0, 0.05) is 0 Å². The molecular weight excluding hydrogens is 148 g/mol. The van der Waals surface area contributed by atoms with Crippen molar-refractivity contribution in [1.29, 1.82) is 0 Å². The van der Waals surface area contributed by atoms with E-state index in [1.807, 2.05) is 0 Å². The maximum absolute atomic E-state index is 10.7. The second-order valence-corrected chi connectivity index (χ2v) is 2.31. The van der Waals surface area contributed by atoms with Crippen LogP contribution in [-0.2, 0) is 19.4 Å². The third-order valence-corrected chi connectivity index (χ3v) is 1.42. The lowest BCUT2D eigenvalue weighted by molar-refractivity contribution is -0.255. The van der Waals surface area contributed by atoms with E-state index >= 15 is 0 Å². The summed E-state index contributed by atoms with van der Waals surface area (Å²) >= 11 is 0. The molecule has 0 aromatic rings. The van der Waals surface area contributed by atoms with Gasteiger partial charge in [0.1, 0.15) is 0 Å². The first kappa shape index (κ1) is 7.78. The predicted octanol–water partition coefficient (Wildman–Crippen LogP) is 0.584. The predicted molar refractivity (Wildman–Crippen MR) is 35.1 cm³/mol. The number of allylic oxidation sites excluding steroid dienone is 1. The van der Waals surface area contributed by atoms with E-state index in [0.29, 0.717) is 0 Å². The molecule has 1 aliphatic heterocycles. The molecule has 0 N–H and O–H groups in total. The highest BCUT2D eigenvalue weighted by Gasteiger charge is 2.23. The van der Waals surface area contributed by atoms with E-state index < -0.39 is 11.9 Å². The molecule has 0 aliphatic carbocycles. The third kappa shape index (κ3) is 2.07. The molecule has 11 heavy (non-hydrogen) atoms. The summed E-state index contributed by atoms with van der Waals surface area (Å²) in [4.78, 5) is 29.5. The molecule has 1 saturated heterocycles. The fourth-order valence-corrected chi connectivity index (χ4v) is 0.828. The molecule has 0 aromatic heterocycles. The van der Waals surface area contributed by atoms with Gasteiger partial charge in [0.25, 0.3) is 0 Å². The highest BCUT2D eigenvalue weighted by Crippen LogP contribution is 2.15. The lowest BCUT2D eigenvalue weighted by Gasteiger charge is -1.99. The van der Waals surface area contributed by atoms with Gasteiger partial charge in [-0.05, 0) is 5.92 Å². The molecule has 0 saturated carbocycles. The van der Waals surface area contributed by atoms with E-state index in [9.17, 15) is 9.59 Å². The van der Waals surface area contributed by atoms with Crippen molar-refractivity contribution < 1.29 is 19.4 Å². The SMILES string of the molecule is C=CC1CC(=O)OOC(=O)C1. The van der Waals surface area contributed by atoms with Crippen LogP contribution in [-0.4, -0.2) is 11.9 Å². The van der Waals surface area contributed by atoms with Gasteiger partial charge in [0.15, 0.2) is 0 Å². The van der Waals surface area contributed by atoms with Crippen molar-refractivity contribution in [1.82, 2.24) is 0 Å². The molecule has 60 valence electrons. The Morgan fingerprint density at radius 1 is 1.27 bits per heavy atom. The summed E-state index contributed by atoms with van der Waals surface area (Å²) in [5.41, 5.74) is 0. The summed E-state index contributed by atoms with van der Waals surface area (Å²) in [6.45, 7) is 3.48. The number of carbonyl (C=O) groups excluding carboxylic acids is 2. The maximum atomic E-state index is 10.7. The summed E-state index contributed by atoms with van der Waals surface area (Å²) < 4.78 is 0. The first-order chi connectivity index (χ1) is 5.22. The summed E-state index contributed by atoms with van der Waals surface area (Å²) in [6.07, 6.45) is 1.87. The van der Waals surface area contributed by atoms with Gasteiger partial charge < -0.3 is 0 Å². The average molecular weight is 156 g/mol. The molecule has 1 fully saturated rings. The Morgan fingerprint density at radius 3 is 2.09 bits per heavy atom. The minimum absolute atomic E-state index is 0.155. The minimum Gasteiger partial charge on any atom is -0.247 e. The summed E-state index contributed by atoms with van der Waals surface area (Å²) in [5.74, 6) is -1.21. The van der Waals surface area contributed by atoms with Crippen molar-refractivity contribution in [2.24, 2.45) is 5.92 Å². The monoisotopic (exact) mass is 156 g/mol. The van der Waals surface area contributed by atoms with Crippen LogP contribution in [0.15, 0.2) is 12.7 Å². The highest BCUT2D eigenvalue weighted by atomic mass is 17.2. The molecule has 0 spiro atoms. The Hall–Kier alpha value is -1.32. The number of rotatable bonds is 1. The van der Waals surface area contributed by atoms with Crippen LogP contribution in [0, 0.1) is 5.92 Å². The van der Waals surface area contributed by atoms with E-state index in [1.165, 1.54) is 0 Å². The summed E-state index contributed by atoms with van der Waals surface area (Å²) in [5, 5.41) is 0. The van der Waals surface area contributed by atoms with Crippen molar-refractivity contribution in [2.45, 2.75) is 12.8 Å². The molecule has 1 rings (SSSR count). The Labute approximate surface area is 63.7 Å². The summed E-state index contributed by atoms with van der Waals surface area (Å²) in [6, 6.07) is 0. The molecule has 4 heteroatoms. The Kier molecular flexibility index (Phi) is 2.25. The molecule has 1 aliphatic rings. The van der Waals surface area contributed by atoms with Crippen molar-refractivity contribution in [2.75, 3.05) is 0 Å². The largest absolute Gasteiger partial charge is 0.356 e. The molecule has 0 radical (unpaired) electrons. The second-order valence-electron chi connectivity index (χ2n) is 2.31. The van der Waals surface area contributed by atoms with Gasteiger partial charge in [0.2, 0.25) is 0 Å². The molecule has 0 unspecified atom stereocenters. The second kappa shape index (κ2) is 3.18. The van der Waals surface area contributed by atoms with Crippen molar-refractivity contribution in [3.8, 4) is 0 Å². The fraction of sp³-hybridized carbons (Fsp3) is 0.429. The molecule has 0 amide bonds. The number of hydrogen-bond acceptors (Lipinski definition) is 4. The first-order valence-electron chi connectivity index (χ1n) is 3.25. The van der Waals surface area contributed by atoms with Crippen LogP contribution in [0.25, 0.3) is 0 Å². The lowest BCUT2D eigenvalue weighted by atomic mass is 10.0. The maximum Gasteiger partial charge on any atom is 0.356 e. The smallest absolute Gasteiger partial charge is 0.247 e. The van der Waals surface area contributed by atoms with Crippen LogP contribution in [0.4, 0.5) is 0 Å². The van der Waals surface area contributed by atoms with Crippen molar-refractivity contribution in [3.05, 3.63) is 12.7 Å². The fourth-order valence-electron chi connectivity index (χ4n) is 0.828. The van der Waals surface area contributed by atoms with Crippen LogP contribution >= 0.6 is 0 Å². The Bertz CT molecular complexity index is 179. The quantitative estimate of drug-likeness (QED) is 0.411. The zero-order valence-electron chi connectivity index (χ0n) is 5.91. The van der Waals surface area contributed by atoms with E-state index in [4.69, 9.17) is 0 Å². The van der Waals surface area contributed by atoms with Crippen molar-refractivity contribution >= 4 is 11.9 Å². The normalized spacial score (nSPS) is 20.0. The number of carbonyl (C=O) groups is 2. The van der Waals surface area contributed by atoms with Gasteiger partial charge in [-0.15, -0.1) is 6.58 Å². The minimum atomic E-state index is -0.527. The molecular formula is C7H8O4. The first-order valence-corrected chi connectivity index (χ1v) is 3.25. The van der Waals surface area contributed by atoms with E-state index in [2.05, 4.69) is 16.4 Å². The van der Waals surface area contributed by atoms with Gasteiger partial charge in [-0.2, -0.15) is 0 Å². The molecule has 4 nitrogen and oxygen atoms in total. The van der Waals surface area contributed by atoms with Gasteiger partial charge in [-0.3, -0.25) is 0 Å². The Balaban J connectivity index is 2.61. The van der Waals surface area contributed by atoms with Crippen molar-refractivity contribution in [3.63, 3.8) is 0 Å². The molecule has 1 heterocycles. The van der Waals surface area contributed by atoms with Crippen LogP contribution < -0.4 is 0 Å². The zero-order chi connectivity index (χ0) is 8.27. The third-order valence-electron chi connectivity index (χ3n) is 1.42. The van der Waals surface area contributed by atoms with Gasteiger partial charge in [-0.25, -0.2) is 19.4 Å². The summed E-state index contributed by atoms with van der Waals surface area (Å²) in [7, 11) is 0. The van der Waals surface area contributed by atoms with Crippen LogP contribution in [0.2, 0.25) is 0 Å². The average Bonchev–Trinajstić information content (AvgIpc) is 2.13. The van der Waals surface area contributed by atoms with Crippen LogP contribution in [0.5, 0.6) is 0 Å². The van der Waals surface area contributed by atoms with E-state index in [1.54, 1.807) is 6.08 Å². The van der Waals surface area contributed by atoms with E-state index in [-0.39, 0.29) is 18.8 Å². The van der Waals surface area contributed by atoms with Gasteiger partial charge >= 0.3 is 11.9 Å². The highest BCUT2D eigenvalue weighted by molar-refractivity contribution is 5.76. The van der Waals surface area contributed by atoms with Crippen LogP contribution in [0.3, 0.4) is 0 Å². The standard InChI is InChI=1S/C7H8O4/c1-2-5-3-6(8)10-11-7(9)4-5/h2,5H,1,3-4H2. The lowest BCUT2D eigenvalue weighted by Crippen LogP contribution is -2.03. The topological polar surface area (TPSA) is 52.6 Å². The zero-order valence-corrected chi connectivity index (χ0v) is 5.91. The molecule has 0 atom stereocenters. The van der Waals surface area contributed by atoms with Crippen LogP contribution in [0.1, 0.15) is 12.8 Å².